The largest absolute Gasteiger partial charge is 0.306 e. The fourth-order valence-electron chi connectivity index (χ4n) is 2.78. The van der Waals surface area contributed by atoms with Gasteiger partial charge in [0.05, 0.1) is 6.04 Å². The minimum Gasteiger partial charge on any atom is -0.306 e. The summed E-state index contributed by atoms with van der Waals surface area (Å²) in [5.41, 5.74) is 5.88. The van der Waals surface area contributed by atoms with E-state index in [2.05, 4.69) is 74.6 Å². The summed E-state index contributed by atoms with van der Waals surface area (Å²) >= 11 is 0. The third-order valence-electron chi connectivity index (χ3n) is 3.67. The molecule has 98 valence electrons. The van der Waals surface area contributed by atoms with Crippen LogP contribution in [0, 0.1) is 5.41 Å². The first-order valence-corrected chi connectivity index (χ1v) is 6.98. The highest BCUT2D eigenvalue weighted by Gasteiger charge is 2.28. The number of rotatable bonds is 2. The lowest BCUT2D eigenvalue weighted by Gasteiger charge is -2.23. The molecule has 0 fully saturated rings. The van der Waals surface area contributed by atoms with Crippen LogP contribution < -0.4 is 5.32 Å². The average Bonchev–Trinajstić information content (AvgIpc) is 2.70. The molecule has 0 unspecified atom stereocenters. The van der Waals surface area contributed by atoms with Gasteiger partial charge < -0.3 is 5.32 Å². The smallest absolute Gasteiger partial charge is 0.0589 e. The molecule has 0 spiro atoms. The van der Waals surface area contributed by atoms with Gasteiger partial charge in [-0.25, -0.2) is 0 Å². The van der Waals surface area contributed by atoms with Gasteiger partial charge >= 0.3 is 0 Å². The third kappa shape index (κ3) is 2.31. The van der Waals surface area contributed by atoms with Gasteiger partial charge in [-0.05, 0) is 27.7 Å². The molecule has 2 aromatic carbocycles. The van der Waals surface area contributed by atoms with E-state index >= 15 is 0 Å². The second kappa shape index (κ2) is 4.50. The summed E-state index contributed by atoms with van der Waals surface area (Å²) in [4.78, 5) is 0. The van der Waals surface area contributed by atoms with Crippen molar-refractivity contribution in [1.29, 1.82) is 0 Å². The van der Waals surface area contributed by atoms with Crippen LogP contribution in [0.15, 0.2) is 48.5 Å². The molecule has 0 saturated heterocycles. The van der Waals surface area contributed by atoms with Gasteiger partial charge in [0, 0.05) is 6.54 Å². The molecule has 0 saturated carbocycles. The molecule has 2 aromatic rings. The topological polar surface area (TPSA) is 12.0 Å². The first-order chi connectivity index (χ1) is 9.06. The second-order valence-corrected chi connectivity index (χ2v) is 6.55. The fourth-order valence-corrected chi connectivity index (χ4v) is 2.78. The standard InChI is InChI=1S/C18H21N/c1-18(2,3)12-19-17-15-10-6-4-8-13(15)14-9-5-7-11-16(14)17/h4-11,17,19H,12H2,1-3H3. The molecule has 0 atom stereocenters. The maximum absolute atomic E-state index is 3.73. The van der Waals surface area contributed by atoms with E-state index in [1.165, 1.54) is 22.3 Å². The first kappa shape index (κ1) is 12.4. The van der Waals surface area contributed by atoms with Gasteiger partial charge in [-0.15, -0.1) is 0 Å². The summed E-state index contributed by atoms with van der Waals surface area (Å²) in [6.45, 7) is 7.83. The van der Waals surface area contributed by atoms with Crippen molar-refractivity contribution in [2.45, 2.75) is 26.8 Å². The highest BCUT2D eigenvalue weighted by molar-refractivity contribution is 5.78. The molecule has 1 aliphatic rings. The zero-order valence-electron chi connectivity index (χ0n) is 11.9. The quantitative estimate of drug-likeness (QED) is 0.834. The molecular formula is C18H21N. The lowest BCUT2D eigenvalue weighted by Crippen LogP contribution is -2.30. The monoisotopic (exact) mass is 251 g/mol. The van der Waals surface area contributed by atoms with Gasteiger partial charge in [0.2, 0.25) is 0 Å². The Bertz CT molecular complexity index is 547. The number of fused-ring (bicyclic) bond motifs is 3. The molecule has 1 nitrogen and oxygen atoms in total. The van der Waals surface area contributed by atoms with Crippen LogP contribution in [0.2, 0.25) is 0 Å². The van der Waals surface area contributed by atoms with Gasteiger partial charge in [0.1, 0.15) is 0 Å². The summed E-state index contributed by atoms with van der Waals surface area (Å²) in [7, 11) is 0. The predicted molar refractivity (Wildman–Crippen MR) is 81.2 cm³/mol. The first-order valence-electron chi connectivity index (χ1n) is 6.98. The van der Waals surface area contributed by atoms with E-state index in [0.717, 1.165) is 6.54 Å². The van der Waals surface area contributed by atoms with Gasteiger partial charge in [0.25, 0.3) is 0 Å². The number of benzene rings is 2. The molecule has 1 N–H and O–H groups in total. The van der Waals surface area contributed by atoms with E-state index in [1.54, 1.807) is 0 Å². The summed E-state index contributed by atoms with van der Waals surface area (Å²) in [6.07, 6.45) is 0. The van der Waals surface area contributed by atoms with Crippen LogP contribution >= 0.6 is 0 Å². The van der Waals surface area contributed by atoms with Crippen molar-refractivity contribution < 1.29 is 0 Å². The zero-order chi connectivity index (χ0) is 13.5. The normalized spacial score (nSPS) is 14.3. The Kier molecular flexibility index (Phi) is 2.94. The van der Waals surface area contributed by atoms with Crippen LogP contribution in [0.25, 0.3) is 11.1 Å². The van der Waals surface area contributed by atoms with Crippen molar-refractivity contribution >= 4 is 0 Å². The highest BCUT2D eigenvalue weighted by atomic mass is 14.9. The molecule has 19 heavy (non-hydrogen) atoms. The summed E-state index contributed by atoms with van der Waals surface area (Å²) in [5, 5.41) is 3.73. The van der Waals surface area contributed by atoms with Crippen molar-refractivity contribution in [3.63, 3.8) is 0 Å². The van der Waals surface area contributed by atoms with Crippen molar-refractivity contribution in [3.05, 3.63) is 59.7 Å². The van der Waals surface area contributed by atoms with Gasteiger partial charge in [-0.2, -0.15) is 0 Å². The molecule has 0 heterocycles. The van der Waals surface area contributed by atoms with Crippen LogP contribution in [0.4, 0.5) is 0 Å². The number of hydrogen-bond acceptors (Lipinski definition) is 1. The molecule has 0 radical (unpaired) electrons. The molecule has 1 heteroatoms. The molecule has 3 rings (SSSR count). The van der Waals surface area contributed by atoms with Crippen LogP contribution in [0.5, 0.6) is 0 Å². The van der Waals surface area contributed by atoms with Crippen molar-refractivity contribution in [1.82, 2.24) is 5.32 Å². The lowest BCUT2D eigenvalue weighted by atomic mass is 9.95. The Morgan fingerprint density at radius 2 is 1.32 bits per heavy atom. The highest BCUT2D eigenvalue weighted by Crippen LogP contribution is 2.43. The zero-order valence-corrected chi connectivity index (χ0v) is 11.9. The van der Waals surface area contributed by atoms with E-state index in [-0.39, 0.29) is 0 Å². The molecular weight excluding hydrogens is 230 g/mol. The van der Waals surface area contributed by atoms with E-state index in [4.69, 9.17) is 0 Å². The summed E-state index contributed by atoms with van der Waals surface area (Å²) in [5.74, 6) is 0. The Labute approximate surface area is 115 Å². The third-order valence-corrected chi connectivity index (χ3v) is 3.67. The number of hydrogen-bond donors (Lipinski definition) is 1. The Morgan fingerprint density at radius 3 is 1.79 bits per heavy atom. The summed E-state index contributed by atoms with van der Waals surface area (Å²) in [6, 6.07) is 17.8. The summed E-state index contributed by atoms with van der Waals surface area (Å²) < 4.78 is 0. The predicted octanol–water partition coefficient (Wildman–Crippen LogP) is 4.39. The minimum absolute atomic E-state index is 0.298. The van der Waals surface area contributed by atoms with Crippen LogP contribution in [-0.4, -0.2) is 6.54 Å². The van der Waals surface area contributed by atoms with Crippen molar-refractivity contribution in [2.24, 2.45) is 5.41 Å². The van der Waals surface area contributed by atoms with Gasteiger partial charge in [-0.1, -0.05) is 69.3 Å². The maximum Gasteiger partial charge on any atom is 0.0589 e. The Hall–Kier alpha value is -1.60. The van der Waals surface area contributed by atoms with Crippen LogP contribution in [-0.2, 0) is 0 Å². The molecule has 0 amide bonds. The van der Waals surface area contributed by atoms with E-state index in [9.17, 15) is 0 Å². The SMILES string of the molecule is CC(C)(C)CNC1c2ccccc2-c2ccccc21. The molecule has 0 aliphatic heterocycles. The van der Waals surface area contributed by atoms with Crippen LogP contribution in [0.1, 0.15) is 37.9 Å². The number of nitrogens with one attached hydrogen (secondary N) is 1. The molecule has 0 bridgehead atoms. The Morgan fingerprint density at radius 1 is 0.842 bits per heavy atom. The van der Waals surface area contributed by atoms with E-state index in [1.807, 2.05) is 0 Å². The maximum atomic E-state index is 3.73. The van der Waals surface area contributed by atoms with Gasteiger partial charge in [-0.3, -0.25) is 0 Å². The average molecular weight is 251 g/mol. The lowest BCUT2D eigenvalue weighted by molar-refractivity contribution is 0.367. The molecule has 1 aliphatic carbocycles. The second-order valence-electron chi connectivity index (χ2n) is 6.55. The molecule has 0 aromatic heterocycles. The Balaban J connectivity index is 2.00. The minimum atomic E-state index is 0.298. The van der Waals surface area contributed by atoms with Crippen molar-refractivity contribution in [2.75, 3.05) is 6.54 Å². The van der Waals surface area contributed by atoms with Gasteiger partial charge in [0.15, 0.2) is 0 Å². The van der Waals surface area contributed by atoms with Crippen LogP contribution in [0.3, 0.4) is 0 Å². The fraction of sp³-hybridized carbons (Fsp3) is 0.333. The van der Waals surface area contributed by atoms with Crippen molar-refractivity contribution in [3.8, 4) is 11.1 Å². The van der Waals surface area contributed by atoms with E-state index < -0.39 is 0 Å². The van der Waals surface area contributed by atoms with E-state index in [0.29, 0.717) is 11.5 Å².